The number of benzene rings is 4. The summed E-state index contributed by atoms with van der Waals surface area (Å²) >= 11 is 0. The van der Waals surface area contributed by atoms with Crippen LogP contribution in [-0.4, -0.2) is 20.8 Å². The summed E-state index contributed by atoms with van der Waals surface area (Å²) in [5.41, 5.74) is 11.6. The molecule has 2 aliphatic carbocycles. The lowest BCUT2D eigenvalue weighted by Crippen LogP contribution is -2.17. The van der Waals surface area contributed by atoms with E-state index in [9.17, 15) is 0 Å². The summed E-state index contributed by atoms with van der Waals surface area (Å²) in [6.07, 6.45) is 18.8. The minimum absolute atomic E-state index is 0.472. The van der Waals surface area contributed by atoms with Gasteiger partial charge in [0.1, 0.15) is 0 Å². The summed E-state index contributed by atoms with van der Waals surface area (Å²) < 4.78 is 4.79. The monoisotopic (exact) mass is 622 g/mol. The molecule has 0 spiro atoms. The second-order valence-electron chi connectivity index (χ2n) is 13.4. The van der Waals surface area contributed by atoms with Gasteiger partial charge in [0.05, 0.1) is 33.5 Å². The first-order valence-corrected chi connectivity index (χ1v) is 17.3. The minimum atomic E-state index is 0.472. The molecule has 4 heteroatoms. The van der Waals surface area contributed by atoms with Gasteiger partial charge in [-0.15, -0.1) is 0 Å². The Labute approximate surface area is 281 Å². The number of aliphatic imine (C=N–C) groups is 2. The van der Waals surface area contributed by atoms with Gasteiger partial charge < -0.3 is 4.57 Å². The highest BCUT2D eigenvalue weighted by Gasteiger charge is 2.24. The number of allylic oxidation sites excluding steroid dienone is 8. The number of hydrogen-bond donors (Lipinski definition) is 0. The second kappa shape index (κ2) is 11.6. The smallest absolute Gasteiger partial charge is 0.235 e. The summed E-state index contributed by atoms with van der Waals surface area (Å²) in [7, 11) is 0. The molecule has 0 bridgehead atoms. The van der Waals surface area contributed by atoms with Crippen LogP contribution in [0.25, 0.3) is 49.3 Å². The lowest BCUT2D eigenvalue weighted by Gasteiger charge is -2.20. The van der Waals surface area contributed by atoms with E-state index < -0.39 is 0 Å². The fourth-order valence-electron chi connectivity index (χ4n) is 7.83. The maximum absolute atomic E-state index is 5.60. The Morgan fingerprint density at radius 1 is 0.667 bits per heavy atom. The zero-order valence-corrected chi connectivity index (χ0v) is 27.5. The summed E-state index contributed by atoms with van der Waals surface area (Å²) in [5.74, 6) is 1.18. The Kier molecular flexibility index (Phi) is 6.97. The topological polar surface area (TPSA) is 34.6 Å². The van der Waals surface area contributed by atoms with Crippen molar-refractivity contribution in [2.45, 2.75) is 46.0 Å². The molecule has 1 atom stereocenters. The van der Waals surface area contributed by atoms with E-state index in [0.29, 0.717) is 11.9 Å². The molecule has 4 nitrogen and oxygen atoms in total. The number of rotatable bonds is 3. The largest absolute Gasteiger partial charge is 0.310 e. The van der Waals surface area contributed by atoms with Crippen molar-refractivity contribution in [1.29, 1.82) is 0 Å². The molecule has 0 fully saturated rings. The van der Waals surface area contributed by atoms with Gasteiger partial charge in [0.15, 0.2) is 0 Å². The molecule has 1 aliphatic heterocycles. The van der Waals surface area contributed by atoms with E-state index in [0.717, 1.165) is 60.1 Å². The van der Waals surface area contributed by atoms with Crippen molar-refractivity contribution >= 4 is 61.0 Å². The van der Waals surface area contributed by atoms with Crippen molar-refractivity contribution in [3.63, 3.8) is 0 Å². The molecule has 9 rings (SSSR count). The maximum Gasteiger partial charge on any atom is 0.235 e. The van der Waals surface area contributed by atoms with Crippen LogP contribution in [0.4, 0.5) is 0 Å². The number of hydrogen-bond acceptors (Lipinski definition) is 2. The molecule has 3 heterocycles. The van der Waals surface area contributed by atoms with Crippen LogP contribution in [0.2, 0.25) is 0 Å². The van der Waals surface area contributed by atoms with Crippen molar-refractivity contribution < 1.29 is 0 Å². The van der Waals surface area contributed by atoms with Gasteiger partial charge in [-0.25, -0.2) is 9.98 Å². The van der Waals surface area contributed by atoms with Crippen LogP contribution in [0.15, 0.2) is 154 Å². The highest BCUT2D eigenvalue weighted by Crippen LogP contribution is 2.42. The van der Waals surface area contributed by atoms with Gasteiger partial charge in [-0.3, -0.25) is 4.57 Å². The molecular weight excluding hydrogens is 585 g/mol. The number of fused-ring (bicyclic) bond motifs is 7. The zero-order chi connectivity index (χ0) is 32.2. The van der Waals surface area contributed by atoms with Crippen molar-refractivity contribution in [3.8, 4) is 0 Å². The van der Waals surface area contributed by atoms with E-state index in [1.807, 2.05) is 0 Å². The van der Waals surface area contributed by atoms with Crippen LogP contribution in [0, 0.1) is 5.92 Å². The fraction of sp³-hybridized carbons (Fsp3) is 0.182. The first-order valence-electron chi connectivity index (χ1n) is 17.3. The Balaban J connectivity index is 1.43. The molecule has 0 saturated heterocycles. The minimum Gasteiger partial charge on any atom is -0.310 e. The summed E-state index contributed by atoms with van der Waals surface area (Å²) in [5, 5.41) is 4.88. The van der Waals surface area contributed by atoms with E-state index in [-0.39, 0.29) is 0 Å². The first-order chi connectivity index (χ1) is 23.7. The molecule has 3 aliphatic rings. The van der Waals surface area contributed by atoms with Gasteiger partial charge in [0.25, 0.3) is 0 Å². The van der Waals surface area contributed by atoms with E-state index in [1.165, 1.54) is 49.4 Å². The lowest BCUT2D eigenvalue weighted by atomic mass is 9.93. The maximum atomic E-state index is 5.60. The van der Waals surface area contributed by atoms with Crippen molar-refractivity contribution in [3.05, 3.63) is 150 Å². The first kappa shape index (κ1) is 28.7. The van der Waals surface area contributed by atoms with Crippen LogP contribution in [-0.2, 0) is 0 Å². The van der Waals surface area contributed by atoms with E-state index >= 15 is 0 Å². The number of aromatic nitrogens is 2. The Morgan fingerprint density at radius 3 is 2.23 bits per heavy atom. The van der Waals surface area contributed by atoms with Crippen molar-refractivity contribution in [2.24, 2.45) is 15.9 Å². The third kappa shape index (κ3) is 4.66. The summed E-state index contributed by atoms with van der Waals surface area (Å²) in [4.78, 5) is 11.1. The average Bonchev–Trinajstić information content (AvgIpc) is 3.64. The Hall–Kier alpha value is -5.48. The van der Waals surface area contributed by atoms with Crippen LogP contribution < -0.4 is 0 Å². The molecule has 48 heavy (non-hydrogen) atoms. The Morgan fingerprint density at radius 2 is 1.44 bits per heavy atom. The molecule has 0 radical (unpaired) electrons. The summed E-state index contributed by atoms with van der Waals surface area (Å²) in [6, 6.07) is 32.8. The predicted octanol–water partition coefficient (Wildman–Crippen LogP) is 11.4. The molecule has 0 saturated carbocycles. The van der Waals surface area contributed by atoms with Gasteiger partial charge in [-0.05, 0) is 85.9 Å². The van der Waals surface area contributed by atoms with Crippen molar-refractivity contribution in [1.82, 2.24) is 9.13 Å². The van der Waals surface area contributed by atoms with Gasteiger partial charge in [-0.1, -0.05) is 110 Å². The highest BCUT2D eigenvalue weighted by atomic mass is 15.2. The van der Waals surface area contributed by atoms with Gasteiger partial charge in [-0.2, -0.15) is 0 Å². The molecule has 2 aromatic heterocycles. The van der Waals surface area contributed by atoms with Crippen molar-refractivity contribution in [2.75, 3.05) is 0 Å². The zero-order valence-electron chi connectivity index (χ0n) is 27.5. The highest BCUT2D eigenvalue weighted by molar-refractivity contribution is 6.29. The molecule has 4 aromatic carbocycles. The summed E-state index contributed by atoms with van der Waals surface area (Å²) in [6.45, 7) is 4.54. The predicted molar refractivity (Wildman–Crippen MR) is 204 cm³/mol. The molecule has 1 unspecified atom stereocenters. The van der Waals surface area contributed by atoms with E-state index in [2.05, 4.69) is 150 Å². The van der Waals surface area contributed by atoms with Gasteiger partial charge in [0, 0.05) is 27.2 Å². The number of para-hydroxylation sites is 2. The molecule has 0 N–H and O–H groups in total. The van der Waals surface area contributed by atoms with Crippen LogP contribution in [0.1, 0.15) is 51.5 Å². The SMILES string of the molecule is C/C1=C(/C2=CC(C)CC=C2)N=C(n2c3ccccc3c3ccc4c(c5ccccc5n4C4=CCCC=C4)c32)N=C(c2ccccc2)CC1. The average molecular weight is 623 g/mol. The van der Waals surface area contributed by atoms with E-state index in [4.69, 9.17) is 9.98 Å². The molecule has 6 aromatic rings. The third-order valence-corrected chi connectivity index (χ3v) is 10.1. The second-order valence-corrected chi connectivity index (χ2v) is 13.4. The van der Waals surface area contributed by atoms with Crippen LogP contribution in [0.5, 0.6) is 0 Å². The van der Waals surface area contributed by atoms with Crippen LogP contribution >= 0.6 is 0 Å². The normalized spacial score (nSPS) is 20.2. The molecular formula is C44H38N4. The molecule has 0 amide bonds. The Bertz CT molecular complexity index is 2490. The standard InChI is InChI=1S/C44H38N4/c1-29-14-13-17-32(28-29)42-30(2)24-26-37(31-15-5-3-6-16-31)45-44(46-42)48-38-22-11-9-20-34(38)35-25-27-40-41(43(35)48)36-21-10-12-23-39(36)47(40)33-18-7-4-8-19-33/h3,5-7,9-13,15-23,25,27-29H,4,8,14,24,26H2,1-2H3/b42-30+,45-37?,46-44?. The van der Waals surface area contributed by atoms with Crippen LogP contribution in [0.3, 0.4) is 0 Å². The number of nitrogens with zero attached hydrogens (tertiary/aromatic N) is 4. The van der Waals surface area contributed by atoms with Gasteiger partial charge in [0.2, 0.25) is 5.96 Å². The fourth-order valence-corrected chi connectivity index (χ4v) is 7.83. The van der Waals surface area contributed by atoms with Gasteiger partial charge >= 0.3 is 0 Å². The lowest BCUT2D eigenvalue weighted by molar-refractivity contribution is 0.729. The third-order valence-electron chi connectivity index (χ3n) is 10.1. The molecule has 234 valence electrons. The quantitative estimate of drug-likeness (QED) is 0.188. The van der Waals surface area contributed by atoms with E-state index in [1.54, 1.807) is 0 Å².